The third-order valence-electron chi connectivity index (χ3n) is 4.56. The zero-order valence-electron chi connectivity index (χ0n) is 12.9. The summed E-state index contributed by atoms with van der Waals surface area (Å²) in [6.07, 6.45) is 1.06. The van der Waals surface area contributed by atoms with Crippen LogP contribution in [0.1, 0.15) is 28.4 Å². The number of H-pyrrole nitrogens is 1. The zero-order chi connectivity index (χ0) is 15.1. The summed E-state index contributed by atoms with van der Waals surface area (Å²) in [5, 5.41) is 4.99. The van der Waals surface area contributed by atoms with Crippen molar-refractivity contribution >= 4 is 10.9 Å². The predicted octanol–water partition coefficient (Wildman–Crippen LogP) is 3.72. The lowest BCUT2D eigenvalue weighted by atomic mass is 9.93. The van der Waals surface area contributed by atoms with Gasteiger partial charge in [0.1, 0.15) is 5.75 Å². The molecule has 0 saturated heterocycles. The van der Waals surface area contributed by atoms with Crippen LogP contribution in [0, 0.1) is 6.92 Å². The molecule has 2 heterocycles. The number of para-hydroxylation sites is 1. The number of rotatable bonds is 2. The van der Waals surface area contributed by atoms with Crippen LogP contribution in [0.3, 0.4) is 0 Å². The first kappa shape index (κ1) is 13.4. The van der Waals surface area contributed by atoms with Crippen LogP contribution in [0.25, 0.3) is 10.9 Å². The molecule has 1 unspecified atom stereocenters. The van der Waals surface area contributed by atoms with Crippen LogP contribution < -0.4 is 10.1 Å². The second-order valence-electron chi connectivity index (χ2n) is 5.95. The van der Waals surface area contributed by atoms with Gasteiger partial charge in [0.2, 0.25) is 0 Å². The van der Waals surface area contributed by atoms with Gasteiger partial charge in [-0.1, -0.05) is 29.8 Å². The van der Waals surface area contributed by atoms with Crippen molar-refractivity contribution in [3.63, 3.8) is 0 Å². The largest absolute Gasteiger partial charge is 0.496 e. The molecule has 1 aromatic heterocycles. The summed E-state index contributed by atoms with van der Waals surface area (Å²) in [7, 11) is 1.73. The third kappa shape index (κ3) is 2.01. The molecule has 1 atom stereocenters. The molecule has 2 aromatic carbocycles. The summed E-state index contributed by atoms with van der Waals surface area (Å²) in [6.45, 7) is 3.13. The van der Waals surface area contributed by atoms with E-state index in [4.69, 9.17) is 4.74 Å². The summed E-state index contributed by atoms with van der Waals surface area (Å²) in [6, 6.07) is 15.0. The minimum absolute atomic E-state index is 0.160. The highest BCUT2D eigenvalue weighted by atomic mass is 16.5. The Morgan fingerprint density at radius 3 is 2.86 bits per heavy atom. The molecule has 0 bridgehead atoms. The first-order valence-corrected chi connectivity index (χ1v) is 7.75. The average Bonchev–Trinajstić information content (AvgIpc) is 2.93. The van der Waals surface area contributed by atoms with Crippen LogP contribution in [0.15, 0.2) is 42.5 Å². The van der Waals surface area contributed by atoms with Gasteiger partial charge in [-0.05, 0) is 37.1 Å². The van der Waals surface area contributed by atoms with Crippen LogP contribution in [0.5, 0.6) is 5.75 Å². The van der Waals surface area contributed by atoms with Gasteiger partial charge in [-0.25, -0.2) is 0 Å². The van der Waals surface area contributed by atoms with E-state index >= 15 is 0 Å². The van der Waals surface area contributed by atoms with Crippen LogP contribution in [0.2, 0.25) is 0 Å². The lowest BCUT2D eigenvalue weighted by Gasteiger charge is -2.26. The first-order chi connectivity index (χ1) is 10.8. The highest BCUT2D eigenvalue weighted by molar-refractivity contribution is 5.86. The molecule has 0 amide bonds. The van der Waals surface area contributed by atoms with E-state index < -0.39 is 0 Å². The molecule has 0 spiro atoms. The number of hydrogen-bond acceptors (Lipinski definition) is 2. The Morgan fingerprint density at radius 2 is 2.00 bits per heavy atom. The van der Waals surface area contributed by atoms with Gasteiger partial charge in [0.05, 0.1) is 13.2 Å². The molecular weight excluding hydrogens is 272 g/mol. The fourth-order valence-corrected chi connectivity index (χ4v) is 3.51. The molecule has 1 aliphatic heterocycles. The van der Waals surface area contributed by atoms with E-state index in [9.17, 15) is 0 Å². The standard InChI is InChI=1S/C19H20N2O/c1-12-7-8-16-15(11-12)13-9-10-20-18(19(13)21-16)14-5-3-4-6-17(14)22-2/h3-8,11,18,20-21H,9-10H2,1-2H3. The van der Waals surface area contributed by atoms with E-state index in [2.05, 4.69) is 47.6 Å². The second kappa shape index (κ2) is 5.18. The van der Waals surface area contributed by atoms with Gasteiger partial charge in [-0.2, -0.15) is 0 Å². The maximum atomic E-state index is 5.55. The Balaban J connectivity index is 1.90. The highest BCUT2D eigenvalue weighted by Gasteiger charge is 2.27. The van der Waals surface area contributed by atoms with Crippen LogP contribution in [-0.2, 0) is 6.42 Å². The molecule has 3 nitrogen and oxygen atoms in total. The van der Waals surface area contributed by atoms with Crippen molar-refractivity contribution in [3.05, 3.63) is 64.8 Å². The number of aromatic amines is 1. The molecule has 0 fully saturated rings. The SMILES string of the molecule is COc1ccccc1C1NCCc2c1[nH]c1ccc(C)cc21. The minimum atomic E-state index is 0.160. The Labute approximate surface area is 130 Å². The topological polar surface area (TPSA) is 37.0 Å². The fourth-order valence-electron chi connectivity index (χ4n) is 3.51. The Bertz CT molecular complexity index is 835. The fraction of sp³-hybridized carbons (Fsp3) is 0.263. The number of nitrogens with one attached hydrogen (secondary N) is 2. The average molecular weight is 292 g/mol. The molecule has 0 aliphatic carbocycles. The highest BCUT2D eigenvalue weighted by Crippen LogP contribution is 2.36. The van der Waals surface area contributed by atoms with Crippen molar-refractivity contribution in [2.45, 2.75) is 19.4 Å². The smallest absolute Gasteiger partial charge is 0.124 e. The number of aromatic nitrogens is 1. The van der Waals surface area contributed by atoms with Gasteiger partial charge in [0.25, 0.3) is 0 Å². The molecule has 1 aliphatic rings. The van der Waals surface area contributed by atoms with Crippen molar-refractivity contribution in [2.75, 3.05) is 13.7 Å². The van der Waals surface area contributed by atoms with E-state index in [1.54, 1.807) is 7.11 Å². The maximum absolute atomic E-state index is 5.55. The van der Waals surface area contributed by atoms with Gasteiger partial charge < -0.3 is 15.0 Å². The molecule has 3 heteroatoms. The zero-order valence-corrected chi connectivity index (χ0v) is 12.9. The van der Waals surface area contributed by atoms with E-state index in [0.29, 0.717) is 0 Å². The number of ether oxygens (including phenoxy) is 1. The molecule has 0 saturated carbocycles. The summed E-state index contributed by atoms with van der Waals surface area (Å²) in [5.74, 6) is 0.933. The van der Waals surface area contributed by atoms with Gasteiger partial charge in [-0.3, -0.25) is 0 Å². The van der Waals surface area contributed by atoms with Crippen molar-refractivity contribution in [1.82, 2.24) is 10.3 Å². The van der Waals surface area contributed by atoms with Crippen LogP contribution in [0.4, 0.5) is 0 Å². The number of hydrogen-bond donors (Lipinski definition) is 2. The molecule has 2 N–H and O–H groups in total. The van der Waals surface area contributed by atoms with Crippen molar-refractivity contribution in [3.8, 4) is 5.75 Å². The lowest BCUT2D eigenvalue weighted by molar-refractivity contribution is 0.402. The molecular formula is C19H20N2O. The van der Waals surface area contributed by atoms with Gasteiger partial charge in [-0.15, -0.1) is 0 Å². The Morgan fingerprint density at radius 1 is 1.14 bits per heavy atom. The molecule has 4 rings (SSSR count). The molecule has 22 heavy (non-hydrogen) atoms. The summed E-state index contributed by atoms with van der Waals surface area (Å²) < 4.78 is 5.55. The van der Waals surface area contributed by atoms with E-state index in [0.717, 1.165) is 18.7 Å². The number of aryl methyl sites for hydroxylation is 1. The predicted molar refractivity (Wildman–Crippen MR) is 89.6 cm³/mol. The number of benzene rings is 2. The summed E-state index contributed by atoms with van der Waals surface area (Å²) in [4.78, 5) is 3.63. The van der Waals surface area contributed by atoms with Crippen molar-refractivity contribution < 1.29 is 4.74 Å². The first-order valence-electron chi connectivity index (χ1n) is 7.75. The van der Waals surface area contributed by atoms with Gasteiger partial charge >= 0.3 is 0 Å². The molecule has 3 aromatic rings. The summed E-state index contributed by atoms with van der Waals surface area (Å²) in [5.41, 5.74) is 6.43. The third-order valence-corrected chi connectivity index (χ3v) is 4.56. The number of methoxy groups -OCH3 is 1. The van der Waals surface area contributed by atoms with Crippen LogP contribution >= 0.6 is 0 Å². The van der Waals surface area contributed by atoms with Crippen LogP contribution in [-0.4, -0.2) is 18.6 Å². The van der Waals surface area contributed by atoms with E-state index in [-0.39, 0.29) is 6.04 Å². The Kier molecular flexibility index (Phi) is 3.16. The number of fused-ring (bicyclic) bond motifs is 3. The van der Waals surface area contributed by atoms with E-state index in [1.807, 2.05) is 12.1 Å². The monoisotopic (exact) mass is 292 g/mol. The molecule has 0 radical (unpaired) electrons. The van der Waals surface area contributed by atoms with Gasteiger partial charge in [0, 0.05) is 28.7 Å². The van der Waals surface area contributed by atoms with Crippen molar-refractivity contribution in [1.29, 1.82) is 0 Å². The lowest BCUT2D eigenvalue weighted by Crippen LogP contribution is -2.30. The second-order valence-corrected chi connectivity index (χ2v) is 5.95. The normalized spacial score (nSPS) is 17.5. The maximum Gasteiger partial charge on any atom is 0.124 e. The quantitative estimate of drug-likeness (QED) is 0.755. The van der Waals surface area contributed by atoms with E-state index in [1.165, 1.54) is 33.3 Å². The Hall–Kier alpha value is -2.26. The summed E-state index contributed by atoms with van der Waals surface area (Å²) >= 11 is 0. The van der Waals surface area contributed by atoms with Gasteiger partial charge in [0.15, 0.2) is 0 Å². The molecule has 112 valence electrons. The minimum Gasteiger partial charge on any atom is -0.496 e. The van der Waals surface area contributed by atoms with Crippen molar-refractivity contribution in [2.24, 2.45) is 0 Å².